The van der Waals surface area contributed by atoms with Crippen molar-refractivity contribution in [2.24, 2.45) is 0 Å². The fraction of sp³-hybridized carbons (Fsp3) is 0.583. The van der Waals surface area contributed by atoms with Gasteiger partial charge in [-0.3, -0.25) is 4.21 Å². The lowest BCUT2D eigenvalue weighted by atomic mass is 10.0. The minimum atomic E-state index is -1.06. The van der Waals surface area contributed by atoms with Crippen LogP contribution in [-0.2, 0) is 16.6 Å². The van der Waals surface area contributed by atoms with Crippen LogP contribution in [0.15, 0.2) is 12.5 Å². The highest BCUT2D eigenvalue weighted by Gasteiger charge is 2.22. The van der Waals surface area contributed by atoms with Gasteiger partial charge in [0.25, 0.3) is 0 Å². The van der Waals surface area contributed by atoms with Crippen LogP contribution in [0, 0.1) is 0 Å². The number of carboxylic acids is 1. The molecule has 1 aliphatic carbocycles. The van der Waals surface area contributed by atoms with Crippen molar-refractivity contribution in [3.05, 3.63) is 23.8 Å². The summed E-state index contributed by atoms with van der Waals surface area (Å²) in [5.74, 6) is -0.847. The predicted octanol–water partition coefficient (Wildman–Crippen LogP) is 1.76. The van der Waals surface area contributed by atoms with Crippen LogP contribution >= 0.6 is 0 Å². The normalized spacial score (nSPS) is 18.4. The molecule has 1 aromatic rings. The molecule has 1 saturated carbocycles. The lowest BCUT2D eigenvalue weighted by Gasteiger charge is -2.20. The second-order valence-electron chi connectivity index (χ2n) is 4.47. The van der Waals surface area contributed by atoms with Gasteiger partial charge in [0.15, 0.2) is 0 Å². The predicted molar refractivity (Wildman–Crippen MR) is 67.7 cm³/mol. The molecule has 6 heteroatoms. The number of hydrogen-bond donors (Lipinski definition) is 1. The van der Waals surface area contributed by atoms with Crippen LogP contribution in [0.1, 0.15) is 48.2 Å². The molecule has 1 fully saturated rings. The summed E-state index contributed by atoms with van der Waals surface area (Å²) in [6, 6.07) is 0. The summed E-state index contributed by atoms with van der Waals surface area (Å²) in [6.45, 7) is 0. The third-order valence-corrected chi connectivity index (χ3v) is 5.00. The van der Waals surface area contributed by atoms with Gasteiger partial charge in [0.2, 0.25) is 0 Å². The molecule has 0 aliphatic heterocycles. The molecule has 0 radical (unpaired) electrons. The average Bonchev–Trinajstić information content (AvgIpc) is 2.40. The number of hydrogen-bond acceptors (Lipinski definition) is 4. The summed E-state index contributed by atoms with van der Waals surface area (Å²) in [7, 11) is -1.04. The van der Waals surface area contributed by atoms with E-state index in [0.29, 0.717) is 5.69 Å². The molecule has 0 amide bonds. The van der Waals surface area contributed by atoms with Gasteiger partial charge in [-0.1, -0.05) is 19.3 Å². The first kappa shape index (κ1) is 13.1. The molecule has 0 spiro atoms. The minimum absolute atomic E-state index is 0.0571. The zero-order valence-electron chi connectivity index (χ0n) is 10.0. The Morgan fingerprint density at radius 2 is 2.11 bits per heavy atom. The number of nitrogens with zero attached hydrogens (tertiary/aromatic N) is 2. The van der Waals surface area contributed by atoms with Gasteiger partial charge in [-0.25, -0.2) is 14.8 Å². The van der Waals surface area contributed by atoms with Crippen molar-refractivity contribution in [2.75, 3.05) is 0 Å². The van der Waals surface area contributed by atoms with Crippen LogP contribution in [0.3, 0.4) is 0 Å². The Balaban J connectivity index is 2.08. The van der Waals surface area contributed by atoms with E-state index in [0.717, 1.165) is 25.7 Å². The maximum Gasteiger partial charge on any atom is 0.339 e. The molecule has 1 unspecified atom stereocenters. The third-order valence-electron chi connectivity index (χ3n) is 3.23. The molecule has 0 bridgehead atoms. The lowest BCUT2D eigenvalue weighted by molar-refractivity contribution is 0.0695. The van der Waals surface area contributed by atoms with Gasteiger partial charge in [-0.2, -0.15) is 0 Å². The molecule has 1 heterocycles. The van der Waals surface area contributed by atoms with Gasteiger partial charge < -0.3 is 5.11 Å². The van der Waals surface area contributed by atoms with E-state index < -0.39 is 16.8 Å². The molecule has 2 rings (SSSR count). The van der Waals surface area contributed by atoms with Gasteiger partial charge >= 0.3 is 5.97 Å². The van der Waals surface area contributed by atoms with Crippen LogP contribution < -0.4 is 0 Å². The maximum atomic E-state index is 12.2. The topological polar surface area (TPSA) is 80.2 Å². The molecule has 0 aromatic carbocycles. The maximum absolute atomic E-state index is 12.2. The lowest BCUT2D eigenvalue weighted by Crippen LogP contribution is -2.21. The molecule has 1 atom stereocenters. The molecule has 1 N–H and O–H groups in total. The monoisotopic (exact) mass is 268 g/mol. The van der Waals surface area contributed by atoms with Gasteiger partial charge in [-0.05, 0) is 12.8 Å². The van der Waals surface area contributed by atoms with E-state index in [-0.39, 0.29) is 16.6 Å². The smallest absolute Gasteiger partial charge is 0.339 e. The zero-order chi connectivity index (χ0) is 13.0. The van der Waals surface area contributed by atoms with Crippen molar-refractivity contribution in [3.63, 3.8) is 0 Å². The first-order chi connectivity index (χ1) is 8.68. The highest BCUT2D eigenvalue weighted by molar-refractivity contribution is 7.84. The number of carbonyl (C=O) groups is 1. The average molecular weight is 268 g/mol. The standard InChI is InChI=1S/C12H16N2O3S/c15-12(16)10-6-13-8-14-11(10)7-18(17)9-4-2-1-3-5-9/h6,8-9H,1-5,7H2,(H,15,16). The van der Waals surface area contributed by atoms with E-state index in [1.165, 1.54) is 18.9 Å². The SMILES string of the molecule is O=C(O)c1cncnc1CS(=O)C1CCCCC1. The first-order valence-corrected chi connectivity index (χ1v) is 7.46. The molecule has 98 valence electrons. The molecule has 1 aromatic heterocycles. The summed E-state index contributed by atoms with van der Waals surface area (Å²) < 4.78 is 12.2. The Kier molecular flexibility index (Phi) is 4.41. The van der Waals surface area contributed by atoms with E-state index in [9.17, 15) is 9.00 Å². The van der Waals surface area contributed by atoms with Crippen molar-refractivity contribution in [1.29, 1.82) is 0 Å². The summed E-state index contributed by atoms with van der Waals surface area (Å²) in [4.78, 5) is 18.6. The largest absolute Gasteiger partial charge is 0.478 e. The minimum Gasteiger partial charge on any atom is -0.478 e. The van der Waals surface area contributed by atoms with Gasteiger partial charge in [0, 0.05) is 22.2 Å². The van der Waals surface area contributed by atoms with E-state index in [1.54, 1.807) is 0 Å². The van der Waals surface area contributed by atoms with Crippen LogP contribution in [0.4, 0.5) is 0 Å². The van der Waals surface area contributed by atoms with Crippen LogP contribution in [0.5, 0.6) is 0 Å². The first-order valence-electron chi connectivity index (χ1n) is 6.08. The summed E-state index contributed by atoms with van der Waals surface area (Å²) in [5.41, 5.74) is 0.433. The zero-order valence-corrected chi connectivity index (χ0v) is 10.9. The molecule has 0 saturated heterocycles. The number of rotatable bonds is 4. The Labute approximate surface area is 108 Å². The molecule has 1 aliphatic rings. The van der Waals surface area contributed by atoms with Gasteiger partial charge in [-0.15, -0.1) is 0 Å². The fourth-order valence-electron chi connectivity index (χ4n) is 2.23. The fourth-order valence-corrected chi connectivity index (χ4v) is 3.82. The Hall–Kier alpha value is -1.30. The van der Waals surface area contributed by atoms with Crippen LogP contribution in [0.25, 0.3) is 0 Å². The van der Waals surface area contributed by atoms with Crippen molar-refractivity contribution < 1.29 is 14.1 Å². The Morgan fingerprint density at radius 3 is 2.78 bits per heavy atom. The summed E-state index contributed by atoms with van der Waals surface area (Å²) >= 11 is 0. The molecular weight excluding hydrogens is 252 g/mol. The van der Waals surface area contributed by atoms with Crippen molar-refractivity contribution in [1.82, 2.24) is 9.97 Å². The number of carboxylic acid groups (broad SMARTS) is 1. The quantitative estimate of drug-likeness (QED) is 0.900. The van der Waals surface area contributed by atoms with E-state index in [1.807, 2.05) is 0 Å². The van der Waals surface area contributed by atoms with Crippen LogP contribution in [-0.4, -0.2) is 30.5 Å². The molecular formula is C12H16N2O3S. The highest BCUT2D eigenvalue weighted by atomic mass is 32.2. The Morgan fingerprint density at radius 1 is 1.39 bits per heavy atom. The highest BCUT2D eigenvalue weighted by Crippen LogP contribution is 2.23. The van der Waals surface area contributed by atoms with Crippen LogP contribution in [0.2, 0.25) is 0 Å². The van der Waals surface area contributed by atoms with E-state index in [2.05, 4.69) is 9.97 Å². The third kappa shape index (κ3) is 3.13. The molecule has 18 heavy (non-hydrogen) atoms. The second kappa shape index (κ2) is 6.04. The van der Waals surface area contributed by atoms with Crippen molar-refractivity contribution in [3.8, 4) is 0 Å². The Bertz CT molecular complexity index is 458. The second-order valence-corrected chi connectivity index (χ2v) is 6.19. The van der Waals surface area contributed by atoms with Crippen molar-refractivity contribution in [2.45, 2.75) is 43.1 Å². The van der Waals surface area contributed by atoms with Crippen molar-refractivity contribution >= 4 is 16.8 Å². The number of aromatic nitrogens is 2. The van der Waals surface area contributed by atoms with E-state index >= 15 is 0 Å². The summed E-state index contributed by atoms with van der Waals surface area (Å²) in [6.07, 6.45) is 7.96. The van der Waals surface area contributed by atoms with Gasteiger partial charge in [0.05, 0.1) is 11.4 Å². The number of aromatic carboxylic acids is 1. The van der Waals surface area contributed by atoms with E-state index in [4.69, 9.17) is 5.11 Å². The van der Waals surface area contributed by atoms with Gasteiger partial charge in [0.1, 0.15) is 11.9 Å². The molecule has 5 nitrogen and oxygen atoms in total. The summed E-state index contributed by atoms with van der Waals surface area (Å²) in [5, 5.41) is 9.20.